The van der Waals surface area contributed by atoms with Crippen LogP contribution in [0.5, 0.6) is 11.8 Å². The van der Waals surface area contributed by atoms with Crippen molar-refractivity contribution >= 4 is 6.16 Å². The highest BCUT2D eigenvalue weighted by molar-refractivity contribution is 5.60. The van der Waals surface area contributed by atoms with Gasteiger partial charge in [0.2, 0.25) is 11.8 Å². The molecule has 2 aromatic rings. The van der Waals surface area contributed by atoms with Gasteiger partial charge in [-0.05, 0) is 17.7 Å². The lowest BCUT2D eigenvalue weighted by atomic mass is 10.2. The van der Waals surface area contributed by atoms with Crippen LogP contribution >= 0.6 is 0 Å². The normalized spacial score (nSPS) is 10.2. The highest BCUT2D eigenvalue weighted by Crippen LogP contribution is 2.18. The van der Waals surface area contributed by atoms with Gasteiger partial charge in [0.1, 0.15) is 12.4 Å². The van der Waals surface area contributed by atoms with Crippen molar-refractivity contribution in [1.29, 1.82) is 0 Å². The van der Waals surface area contributed by atoms with Crippen LogP contribution in [0.25, 0.3) is 0 Å². The van der Waals surface area contributed by atoms with Crippen LogP contribution in [0.1, 0.15) is 5.56 Å². The molecule has 0 bridgehead atoms. The smallest absolute Gasteiger partial charge is 0.492 e. The molecule has 0 saturated carbocycles. The van der Waals surface area contributed by atoms with Crippen LogP contribution in [0.3, 0.4) is 0 Å². The summed E-state index contributed by atoms with van der Waals surface area (Å²) in [5, 5.41) is 18.4. The summed E-state index contributed by atoms with van der Waals surface area (Å²) in [5.74, 6) is -1.29. The fourth-order valence-corrected chi connectivity index (χ4v) is 1.32. The van der Waals surface area contributed by atoms with Crippen molar-refractivity contribution in [3.8, 4) is 11.8 Å². The van der Waals surface area contributed by atoms with Crippen molar-refractivity contribution in [2.24, 2.45) is 0 Å². The first-order valence-electron chi connectivity index (χ1n) is 5.25. The summed E-state index contributed by atoms with van der Waals surface area (Å²) in [6, 6.07) is 7.65. The number of aromatic hydroxyl groups is 2. The van der Waals surface area contributed by atoms with Gasteiger partial charge in [0, 0.05) is 12.1 Å². The topological polar surface area (TPSA) is 80.9 Å². The molecule has 1 aromatic carbocycles. The molecule has 100 valence electrons. The lowest BCUT2D eigenvalue weighted by molar-refractivity contribution is 0.0310. The predicted molar refractivity (Wildman–Crippen MR) is 60.9 cm³/mol. The Morgan fingerprint density at radius 1 is 1.11 bits per heavy atom. The zero-order chi connectivity index (χ0) is 13.8. The highest BCUT2D eigenvalue weighted by Gasteiger charge is 2.13. The van der Waals surface area contributed by atoms with Gasteiger partial charge < -0.3 is 14.9 Å². The molecule has 2 N–H and O–H groups in total. The highest BCUT2D eigenvalue weighted by atomic mass is 19.1. The summed E-state index contributed by atoms with van der Waals surface area (Å²) in [7, 11) is 0. The van der Waals surface area contributed by atoms with E-state index in [1.165, 1.54) is 24.3 Å². The van der Waals surface area contributed by atoms with Crippen molar-refractivity contribution in [3.63, 3.8) is 0 Å². The lowest BCUT2D eigenvalue weighted by Crippen LogP contribution is -2.20. The van der Waals surface area contributed by atoms with E-state index in [1.807, 2.05) is 0 Å². The van der Waals surface area contributed by atoms with E-state index in [9.17, 15) is 19.4 Å². The predicted octanol–water partition coefficient (Wildman–Crippen LogP) is 1.80. The monoisotopic (exact) mass is 267 g/mol. The summed E-state index contributed by atoms with van der Waals surface area (Å²) in [5.41, 5.74) is 0.569. The minimum absolute atomic E-state index is 0.123. The van der Waals surface area contributed by atoms with E-state index in [2.05, 4.69) is 4.84 Å². The molecule has 0 atom stereocenters. The fraction of sp³-hybridized carbons (Fsp3) is 0.0833. The quantitative estimate of drug-likeness (QED) is 0.829. The minimum Gasteiger partial charge on any atom is -0.492 e. The molecule has 0 amide bonds. The van der Waals surface area contributed by atoms with Gasteiger partial charge in [-0.3, -0.25) is 4.84 Å². The zero-order valence-corrected chi connectivity index (χ0v) is 9.62. The Kier molecular flexibility index (Phi) is 3.56. The first-order chi connectivity index (χ1) is 9.06. The van der Waals surface area contributed by atoms with Gasteiger partial charge in [-0.1, -0.05) is 12.1 Å². The van der Waals surface area contributed by atoms with Gasteiger partial charge in [0.05, 0.1) is 0 Å². The summed E-state index contributed by atoms with van der Waals surface area (Å²) in [6.45, 7) is -0.123. The molecule has 0 fully saturated rings. The summed E-state index contributed by atoms with van der Waals surface area (Å²) >= 11 is 0. The largest absolute Gasteiger partial charge is 0.534 e. The number of carbonyl (C=O) groups excluding carboxylic acids is 1. The van der Waals surface area contributed by atoms with Crippen LogP contribution in [-0.2, 0) is 11.3 Å². The average molecular weight is 267 g/mol. The second-order valence-electron chi connectivity index (χ2n) is 3.60. The fourth-order valence-electron chi connectivity index (χ4n) is 1.32. The number of benzene rings is 1. The molecule has 0 aliphatic rings. The third kappa shape index (κ3) is 3.15. The van der Waals surface area contributed by atoms with E-state index in [0.717, 1.165) is 12.1 Å². The van der Waals surface area contributed by atoms with E-state index in [1.54, 1.807) is 0 Å². The van der Waals surface area contributed by atoms with E-state index in [4.69, 9.17) is 4.74 Å². The standard InChI is InChI=1S/C12H10FNO5/c13-9-3-1-8(2-4-9)7-18-12(17)19-14-10(15)5-6-11(14)16/h1-6,15-16H,7H2. The molecule has 0 radical (unpaired) electrons. The van der Waals surface area contributed by atoms with Crippen molar-refractivity contribution in [2.45, 2.75) is 6.61 Å². The molecular formula is C12H10FNO5. The zero-order valence-electron chi connectivity index (χ0n) is 9.62. The summed E-state index contributed by atoms with van der Waals surface area (Å²) in [4.78, 5) is 15.8. The molecule has 0 unspecified atom stereocenters. The number of carbonyl (C=O) groups is 1. The van der Waals surface area contributed by atoms with Gasteiger partial charge >= 0.3 is 6.16 Å². The molecular weight excluding hydrogens is 257 g/mol. The van der Waals surface area contributed by atoms with Gasteiger partial charge in [-0.15, -0.1) is 4.73 Å². The number of nitrogens with zero attached hydrogens (tertiary/aromatic N) is 1. The van der Waals surface area contributed by atoms with Gasteiger partial charge in [0.15, 0.2) is 0 Å². The molecule has 0 saturated heterocycles. The first-order valence-corrected chi connectivity index (χ1v) is 5.25. The maximum Gasteiger partial charge on any atom is 0.534 e. The Balaban J connectivity index is 1.90. The molecule has 0 spiro atoms. The van der Waals surface area contributed by atoms with Gasteiger partial charge in [-0.2, -0.15) is 0 Å². The molecule has 19 heavy (non-hydrogen) atoms. The number of aromatic nitrogens is 1. The number of hydrogen-bond acceptors (Lipinski definition) is 5. The Labute approximate surface area is 107 Å². The van der Waals surface area contributed by atoms with E-state index >= 15 is 0 Å². The molecule has 7 heteroatoms. The Morgan fingerprint density at radius 2 is 1.68 bits per heavy atom. The van der Waals surface area contributed by atoms with Crippen LogP contribution < -0.4 is 4.84 Å². The lowest BCUT2D eigenvalue weighted by Gasteiger charge is -2.07. The van der Waals surface area contributed by atoms with E-state index in [-0.39, 0.29) is 6.61 Å². The van der Waals surface area contributed by atoms with E-state index < -0.39 is 23.7 Å². The molecule has 1 aromatic heterocycles. The minimum atomic E-state index is -1.12. The Bertz CT molecular complexity index is 559. The maximum absolute atomic E-state index is 12.6. The van der Waals surface area contributed by atoms with Crippen molar-refractivity contribution in [3.05, 3.63) is 47.8 Å². The average Bonchev–Trinajstić information content (AvgIpc) is 2.70. The molecule has 2 rings (SSSR count). The first kappa shape index (κ1) is 12.7. The number of halogens is 1. The van der Waals surface area contributed by atoms with Crippen molar-refractivity contribution < 1.29 is 29.0 Å². The van der Waals surface area contributed by atoms with Crippen LogP contribution in [0.15, 0.2) is 36.4 Å². The second kappa shape index (κ2) is 5.30. The Morgan fingerprint density at radius 3 is 2.26 bits per heavy atom. The number of hydrogen-bond donors (Lipinski definition) is 2. The third-order valence-electron chi connectivity index (χ3n) is 2.23. The van der Waals surface area contributed by atoms with Crippen LogP contribution in [0.4, 0.5) is 9.18 Å². The molecule has 0 aliphatic heterocycles. The van der Waals surface area contributed by atoms with Crippen LogP contribution in [0, 0.1) is 5.82 Å². The number of ether oxygens (including phenoxy) is 1. The summed E-state index contributed by atoms with van der Waals surface area (Å²) in [6.07, 6.45) is -1.12. The van der Waals surface area contributed by atoms with Crippen LogP contribution in [0.2, 0.25) is 0 Å². The Hall–Kier alpha value is -2.70. The maximum atomic E-state index is 12.6. The third-order valence-corrected chi connectivity index (χ3v) is 2.23. The van der Waals surface area contributed by atoms with Gasteiger partial charge in [-0.25, -0.2) is 9.18 Å². The van der Waals surface area contributed by atoms with Crippen molar-refractivity contribution in [2.75, 3.05) is 0 Å². The second-order valence-corrected chi connectivity index (χ2v) is 3.60. The molecule has 1 heterocycles. The SMILES string of the molecule is O=C(OCc1ccc(F)cc1)On1c(O)ccc1O. The number of rotatable bonds is 3. The molecule has 0 aliphatic carbocycles. The summed E-state index contributed by atoms with van der Waals surface area (Å²) < 4.78 is 17.9. The molecule has 6 nitrogen and oxygen atoms in total. The van der Waals surface area contributed by atoms with Crippen molar-refractivity contribution in [1.82, 2.24) is 4.73 Å². The van der Waals surface area contributed by atoms with E-state index in [0.29, 0.717) is 10.3 Å². The van der Waals surface area contributed by atoms with Gasteiger partial charge in [0.25, 0.3) is 0 Å². The van der Waals surface area contributed by atoms with Crippen LogP contribution in [-0.4, -0.2) is 21.1 Å².